The zero-order chi connectivity index (χ0) is 21.8. The summed E-state index contributed by atoms with van der Waals surface area (Å²) < 4.78 is 5.93. The van der Waals surface area contributed by atoms with E-state index in [-0.39, 0.29) is 13.2 Å². The van der Waals surface area contributed by atoms with Crippen molar-refractivity contribution >= 4 is 27.5 Å². The van der Waals surface area contributed by atoms with Gasteiger partial charge in [0.25, 0.3) is 0 Å². The summed E-state index contributed by atoms with van der Waals surface area (Å²) in [5.74, 6) is 0.116. The van der Waals surface area contributed by atoms with Gasteiger partial charge in [0.15, 0.2) is 0 Å². The molecule has 5 heteroatoms. The minimum atomic E-state index is -0.805. The van der Waals surface area contributed by atoms with E-state index >= 15 is 0 Å². The summed E-state index contributed by atoms with van der Waals surface area (Å²) in [5.41, 5.74) is 0.697. The molecule has 0 atom stereocenters. The molecule has 0 aliphatic carbocycles. The quantitative estimate of drug-likeness (QED) is 0.241. The predicted octanol–water partition coefficient (Wildman–Crippen LogP) is 4.05. The number of hydrogen-bond acceptors (Lipinski definition) is 5. The molecule has 0 amide bonds. The van der Waals surface area contributed by atoms with Crippen molar-refractivity contribution < 1.29 is 19.7 Å². The Labute approximate surface area is 180 Å². The highest BCUT2D eigenvalue weighted by molar-refractivity contribution is 6.10. The van der Waals surface area contributed by atoms with Gasteiger partial charge in [0.1, 0.15) is 5.75 Å². The molecular formula is C26H25NO4. The number of hydrogen-bond donors (Lipinski definition) is 3. The maximum atomic E-state index is 12.8. The van der Waals surface area contributed by atoms with Crippen LogP contribution in [0, 0.1) is 0 Å². The van der Waals surface area contributed by atoms with Crippen LogP contribution in [0.2, 0.25) is 0 Å². The van der Waals surface area contributed by atoms with Crippen LogP contribution >= 0.6 is 0 Å². The molecular weight excluding hydrogens is 390 g/mol. The maximum Gasteiger partial charge on any atom is 0.343 e. The zero-order valence-electron chi connectivity index (χ0n) is 17.3. The third-order valence-corrected chi connectivity index (χ3v) is 5.59. The van der Waals surface area contributed by atoms with Gasteiger partial charge < -0.3 is 20.3 Å². The van der Waals surface area contributed by atoms with E-state index in [2.05, 4.69) is 5.32 Å². The topological polar surface area (TPSA) is 78.8 Å². The van der Waals surface area contributed by atoms with Gasteiger partial charge in [-0.15, -0.1) is 0 Å². The second-order valence-corrected chi connectivity index (χ2v) is 7.88. The lowest BCUT2D eigenvalue weighted by Crippen LogP contribution is -2.48. The van der Waals surface area contributed by atoms with E-state index in [9.17, 15) is 15.0 Å². The third-order valence-electron chi connectivity index (χ3n) is 5.59. The van der Waals surface area contributed by atoms with Crippen molar-refractivity contribution in [1.82, 2.24) is 5.32 Å². The van der Waals surface area contributed by atoms with Crippen LogP contribution in [-0.2, 0) is 6.54 Å². The van der Waals surface area contributed by atoms with Crippen LogP contribution in [0.5, 0.6) is 5.75 Å². The Morgan fingerprint density at radius 1 is 0.806 bits per heavy atom. The van der Waals surface area contributed by atoms with Crippen LogP contribution in [0.4, 0.5) is 0 Å². The number of carbonyl (C=O) groups is 1. The number of fused-ring (bicyclic) bond motifs is 2. The summed E-state index contributed by atoms with van der Waals surface area (Å²) in [6.45, 7) is 1.83. The fourth-order valence-corrected chi connectivity index (χ4v) is 3.67. The molecule has 0 spiro atoms. The van der Waals surface area contributed by atoms with Gasteiger partial charge in [-0.25, -0.2) is 4.79 Å². The Hall–Kier alpha value is -3.25. The smallest absolute Gasteiger partial charge is 0.343 e. The number of aliphatic hydroxyl groups is 2. The SMILES string of the molecule is CC(CO)(CO)NCc1c2ccccc2c(OC(=O)c2ccccc2)c2ccccc12. The zero-order valence-corrected chi connectivity index (χ0v) is 17.3. The predicted molar refractivity (Wildman–Crippen MR) is 122 cm³/mol. The molecule has 0 fully saturated rings. The van der Waals surface area contributed by atoms with Gasteiger partial charge >= 0.3 is 5.97 Å². The van der Waals surface area contributed by atoms with Crippen molar-refractivity contribution in [3.63, 3.8) is 0 Å². The fourth-order valence-electron chi connectivity index (χ4n) is 3.67. The van der Waals surface area contributed by atoms with Gasteiger partial charge in [-0.05, 0) is 35.4 Å². The van der Waals surface area contributed by atoms with Gasteiger partial charge in [-0.3, -0.25) is 0 Å². The van der Waals surface area contributed by atoms with E-state index < -0.39 is 11.5 Å². The van der Waals surface area contributed by atoms with Gasteiger partial charge in [-0.2, -0.15) is 0 Å². The summed E-state index contributed by atoms with van der Waals surface area (Å²) in [7, 11) is 0. The van der Waals surface area contributed by atoms with E-state index in [0.29, 0.717) is 17.9 Å². The van der Waals surface area contributed by atoms with Crippen molar-refractivity contribution in [2.45, 2.75) is 19.0 Å². The first-order valence-electron chi connectivity index (χ1n) is 10.2. The lowest BCUT2D eigenvalue weighted by Gasteiger charge is -2.27. The Morgan fingerprint density at radius 3 is 1.81 bits per heavy atom. The molecule has 0 bridgehead atoms. The first kappa shape index (κ1) is 21.0. The maximum absolute atomic E-state index is 12.8. The number of carbonyl (C=O) groups excluding carboxylic acids is 1. The Balaban J connectivity index is 1.85. The summed E-state index contributed by atoms with van der Waals surface area (Å²) in [6, 6.07) is 24.5. The summed E-state index contributed by atoms with van der Waals surface area (Å²) in [5, 5.41) is 26.2. The number of nitrogens with one attached hydrogen (secondary N) is 1. The minimum Gasteiger partial charge on any atom is -0.422 e. The van der Waals surface area contributed by atoms with Gasteiger partial charge in [0.05, 0.1) is 24.3 Å². The number of aliphatic hydroxyl groups excluding tert-OH is 2. The molecule has 5 nitrogen and oxygen atoms in total. The molecule has 31 heavy (non-hydrogen) atoms. The summed E-state index contributed by atoms with van der Waals surface area (Å²) >= 11 is 0. The lowest BCUT2D eigenvalue weighted by molar-refractivity contribution is 0.0739. The molecule has 4 aromatic carbocycles. The van der Waals surface area contributed by atoms with Crippen LogP contribution in [0.25, 0.3) is 21.5 Å². The lowest BCUT2D eigenvalue weighted by atomic mass is 9.94. The van der Waals surface area contributed by atoms with E-state index in [1.54, 1.807) is 31.2 Å². The van der Waals surface area contributed by atoms with Crippen LogP contribution in [-0.4, -0.2) is 34.9 Å². The van der Waals surface area contributed by atoms with Crippen molar-refractivity contribution in [2.75, 3.05) is 13.2 Å². The normalized spacial score (nSPS) is 11.7. The highest BCUT2D eigenvalue weighted by Crippen LogP contribution is 2.38. The van der Waals surface area contributed by atoms with Crippen LogP contribution < -0.4 is 10.1 Å². The molecule has 0 aromatic heterocycles. The molecule has 0 saturated carbocycles. The molecule has 0 unspecified atom stereocenters. The number of esters is 1. The monoisotopic (exact) mass is 415 g/mol. The van der Waals surface area contributed by atoms with Crippen LogP contribution in [0.3, 0.4) is 0 Å². The third kappa shape index (κ3) is 4.16. The van der Waals surface area contributed by atoms with Crippen molar-refractivity contribution in [1.29, 1.82) is 0 Å². The second-order valence-electron chi connectivity index (χ2n) is 7.88. The van der Waals surface area contributed by atoms with Crippen molar-refractivity contribution in [3.05, 3.63) is 90.0 Å². The molecule has 4 rings (SSSR count). The molecule has 158 valence electrons. The molecule has 3 N–H and O–H groups in total. The molecule has 4 aromatic rings. The van der Waals surface area contributed by atoms with Gasteiger partial charge in [0.2, 0.25) is 0 Å². The fraction of sp³-hybridized carbons (Fsp3) is 0.192. The van der Waals surface area contributed by atoms with Gasteiger partial charge in [-0.1, -0.05) is 66.7 Å². The van der Waals surface area contributed by atoms with Crippen LogP contribution in [0.15, 0.2) is 78.9 Å². The standard InChI is InChI=1S/C26H25NO4/c1-26(16-28,17-29)27-15-23-19-11-5-7-13-21(19)24(22-14-8-6-12-20(22)23)31-25(30)18-9-3-2-4-10-18/h2-14,27-29H,15-17H2,1H3. The van der Waals surface area contributed by atoms with E-state index in [0.717, 1.165) is 27.1 Å². The van der Waals surface area contributed by atoms with Crippen molar-refractivity contribution in [2.24, 2.45) is 0 Å². The highest BCUT2D eigenvalue weighted by Gasteiger charge is 2.23. The minimum absolute atomic E-state index is 0.188. The van der Waals surface area contributed by atoms with Crippen molar-refractivity contribution in [3.8, 4) is 5.75 Å². The molecule has 0 aliphatic heterocycles. The number of benzene rings is 4. The Bertz CT molecular complexity index is 1160. The van der Waals surface area contributed by atoms with Gasteiger partial charge in [0, 0.05) is 17.3 Å². The van der Waals surface area contributed by atoms with E-state index in [1.165, 1.54) is 0 Å². The van der Waals surface area contributed by atoms with Crippen LogP contribution in [0.1, 0.15) is 22.8 Å². The average Bonchev–Trinajstić information content (AvgIpc) is 2.83. The van der Waals surface area contributed by atoms with E-state index in [4.69, 9.17) is 4.74 Å². The average molecular weight is 415 g/mol. The Kier molecular flexibility index (Phi) is 6.00. The molecule has 0 saturated heterocycles. The molecule has 0 heterocycles. The second kappa shape index (κ2) is 8.86. The first-order valence-corrected chi connectivity index (χ1v) is 10.2. The highest BCUT2D eigenvalue weighted by atomic mass is 16.5. The molecule has 0 aliphatic rings. The number of ether oxygens (including phenoxy) is 1. The largest absolute Gasteiger partial charge is 0.422 e. The number of rotatable bonds is 7. The molecule has 0 radical (unpaired) electrons. The van der Waals surface area contributed by atoms with E-state index in [1.807, 2.05) is 54.6 Å². The summed E-state index contributed by atoms with van der Waals surface area (Å²) in [4.78, 5) is 12.8. The Morgan fingerprint density at radius 2 is 1.29 bits per heavy atom. The first-order chi connectivity index (χ1) is 15.1. The summed E-state index contributed by atoms with van der Waals surface area (Å²) in [6.07, 6.45) is 0.